The van der Waals surface area contributed by atoms with Crippen molar-refractivity contribution < 1.29 is 9.53 Å². The number of hydrogen-bond acceptors (Lipinski definition) is 5. The molecular formula is C17H24N4O2. The molecule has 23 heavy (non-hydrogen) atoms. The largest absolute Gasteiger partial charge is 0.375 e. The first-order valence-corrected chi connectivity index (χ1v) is 7.72. The maximum atomic E-state index is 12.4. The predicted molar refractivity (Wildman–Crippen MR) is 92.4 cm³/mol. The highest BCUT2D eigenvalue weighted by Crippen LogP contribution is 2.28. The number of ether oxygens (including phenoxy) is 1. The van der Waals surface area contributed by atoms with E-state index in [-0.39, 0.29) is 18.4 Å². The molecule has 1 unspecified atom stereocenters. The van der Waals surface area contributed by atoms with Gasteiger partial charge in [-0.05, 0) is 26.0 Å². The van der Waals surface area contributed by atoms with E-state index in [1.807, 2.05) is 31.2 Å². The molecule has 124 valence electrons. The van der Waals surface area contributed by atoms with E-state index in [0.29, 0.717) is 24.5 Å². The number of benzene rings is 1. The summed E-state index contributed by atoms with van der Waals surface area (Å²) >= 11 is 0. The first kappa shape index (κ1) is 17.2. The molecule has 0 bridgehead atoms. The number of anilines is 1. The molecule has 1 amide bonds. The Bertz CT molecular complexity index is 612. The lowest BCUT2D eigenvalue weighted by atomic mass is 9.99. The van der Waals surface area contributed by atoms with Crippen LogP contribution in [0.2, 0.25) is 0 Å². The molecule has 0 spiro atoms. The Morgan fingerprint density at radius 1 is 1.52 bits per heavy atom. The van der Waals surface area contributed by atoms with Crippen LogP contribution in [0, 0.1) is 0 Å². The smallest absolute Gasteiger partial charge is 0.233 e. The van der Waals surface area contributed by atoms with Gasteiger partial charge in [0, 0.05) is 19.2 Å². The van der Waals surface area contributed by atoms with Crippen molar-refractivity contribution >= 4 is 17.3 Å². The fraction of sp³-hybridized carbons (Fsp3) is 0.412. The van der Waals surface area contributed by atoms with Gasteiger partial charge in [0.25, 0.3) is 0 Å². The van der Waals surface area contributed by atoms with Gasteiger partial charge in [0.1, 0.15) is 0 Å². The Morgan fingerprint density at radius 3 is 2.96 bits per heavy atom. The molecule has 0 saturated carbocycles. The summed E-state index contributed by atoms with van der Waals surface area (Å²) in [5.41, 5.74) is 11.7. The van der Waals surface area contributed by atoms with Crippen molar-refractivity contribution in [2.75, 3.05) is 25.1 Å². The minimum Gasteiger partial charge on any atom is -0.375 e. The molecule has 1 atom stereocenters. The highest BCUT2D eigenvalue weighted by atomic mass is 16.5. The monoisotopic (exact) mass is 316 g/mol. The van der Waals surface area contributed by atoms with Gasteiger partial charge in [-0.3, -0.25) is 10.2 Å². The quantitative estimate of drug-likeness (QED) is 0.749. The summed E-state index contributed by atoms with van der Waals surface area (Å²) in [4.78, 5) is 14.2. The molecule has 1 aliphatic heterocycles. The molecule has 0 aromatic heterocycles. The number of nitrogens with one attached hydrogen (secondary N) is 1. The number of carbonyl (C=O) groups is 1. The fourth-order valence-electron chi connectivity index (χ4n) is 2.39. The van der Waals surface area contributed by atoms with Crippen LogP contribution in [0.5, 0.6) is 0 Å². The second kappa shape index (κ2) is 7.89. The molecule has 0 aliphatic carbocycles. The SMILES string of the molecule is C=C(N/N=C1\CC(=O)N(CCCN)c2ccccc21)C(C)OC. The van der Waals surface area contributed by atoms with E-state index in [2.05, 4.69) is 17.1 Å². The molecule has 6 heteroatoms. The standard InChI is InChI=1S/C17H24N4O2/c1-12(13(2)23-3)19-20-15-11-17(22)21(10-6-9-18)16-8-5-4-7-14(15)16/h4-5,7-8,13,19H,1,6,9-11,18H2,2-3H3/b20-15+. The molecule has 2 rings (SSSR count). The number of amides is 1. The fourth-order valence-corrected chi connectivity index (χ4v) is 2.39. The van der Waals surface area contributed by atoms with Crippen LogP contribution < -0.4 is 16.1 Å². The maximum absolute atomic E-state index is 12.4. The number of fused-ring (bicyclic) bond motifs is 1. The van der Waals surface area contributed by atoms with Crippen molar-refractivity contribution in [3.05, 3.63) is 42.1 Å². The zero-order valence-corrected chi connectivity index (χ0v) is 13.7. The normalized spacial score (nSPS) is 17.1. The van der Waals surface area contributed by atoms with E-state index in [4.69, 9.17) is 10.5 Å². The van der Waals surface area contributed by atoms with Crippen molar-refractivity contribution in [1.82, 2.24) is 5.43 Å². The van der Waals surface area contributed by atoms with Crippen LogP contribution in [0.4, 0.5) is 5.69 Å². The van der Waals surface area contributed by atoms with Gasteiger partial charge in [-0.15, -0.1) is 0 Å². The van der Waals surface area contributed by atoms with Crippen molar-refractivity contribution in [3.8, 4) is 0 Å². The van der Waals surface area contributed by atoms with Crippen LogP contribution in [0.1, 0.15) is 25.3 Å². The number of nitrogens with zero attached hydrogens (tertiary/aromatic N) is 2. The van der Waals surface area contributed by atoms with E-state index in [0.717, 1.165) is 17.7 Å². The van der Waals surface area contributed by atoms with Gasteiger partial charge in [-0.25, -0.2) is 0 Å². The van der Waals surface area contributed by atoms with Crippen molar-refractivity contribution in [2.24, 2.45) is 10.8 Å². The Kier molecular flexibility index (Phi) is 5.90. The zero-order valence-electron chi connectivity index (χ0n) is 13.7. The Morgan fingerprint density at radius 2 is 2.26 bits per heavy atom. The second-order valence-corrected chi connectivity index (χ2v) is 5.46. The van der Waals surface area contributed by atoms with E-state index in [1.165, 1.54) is 0 Å². The minimum absolute atomic E-state index is 0.0307. The van der Waals surface area contributed by atoms with Gasteiger partial charge >= 0.3 is 0 Å². The first-order chi connectivity index (χ1) is 11.1. The summed E-state index contributed by atoms with van der Waals surface area (Å²) in [5.74, 6) is 0.0307. The van der Waals surface area contributed by atoms with Crippen molar-refractivity contribution in [2.45, 2.75) is 25.9 Å². The van der Waals surface area contributed by atoms with Gasteiger partial charge in [0.15, 0.2) is 0 Å². The second-order valence-electron chi connectivity index (χ2n) is 5.46. The number of methoxy groups -OCH3 is 1. The highest BCUT2D eigenvalue weighted by molar-refractivity contribution is 6.21. The molecular weight excluding hydrogens is 292 g/mol. The van der Waals surface area contributed by atoms with Crippen LogP contribution in [0.3, 0.4) is 0 Å². The van der Waals surface area contributed by atoms with Gasteiger partial charge in [0.2, 0.25) is 5.91 Å². The summed E-state index contributed by atoms with van der Waals surface area (Å²) < 4.78 is 5.19. The molecule has 0 fully saturated rings. The van der Waals surface area contributed by atoms with Crippen LogP contribution in [0.15, 0.2) is 41.6 Å². The topological polar surface area (TPSA) is 80.0 Å². The number of rotatable bonds is 7. The van der Waals surface area contributed by atoms with E-state index in [9.17, 15) is 4.79 Å². The molecule has 0 saturated heterocycles. The third-order valence-electron chi connectivity index (χ3n) is 3.89. The zero-order chi connectivity index (χ0) is 16.8. The molecule has 1 aromatic rings. The van der Waals surface area contributed by atoms with Crippen LogP contribution in [-0.2, 0) is 9.53 Å². The molecule has 1 aliphatic rings. The van der Waals surface area contributed by atoms with Crippen molar-refractivity contribution in [1.29, 1.82) is 0 Å². The van der Waals surface area contributed by atoms with Gasteiger partial charge in [-0.2, -0.15) is 5.10 Å². The van der Waals surface area contributed by atoms with Gasteiger partial charge in [-0.1, -0.05) is 24.8 Å². The van der Waals surface area contributed by atoms with Gasteiger partial charge in [0.05, 0.1) is 29.6 Å². The van der Waals surface area contributed by atoms with Gasteiger partial charge < -0.3 is 15.4 Å². The lowest BCUT2D eigenvalue weighted by Gasteiger charge is -2.30. The number of para-hydroxylation sites is 1. The third-order valence-corrected chi connectivity index (χ3v) is 3.89. The summed E-state index contributed by atoms with van der Waals surface area (Å²) in [6.45, 7) is 6.95. The van der Waals surface area contributed by atoms with Crippen molar-refractivity contribution in [3.63, 3.8) is 0 Å². The lowest BCUT2D eigenvalue weighted by Crippen LogP contribution is -2.39. The Hall–Kier alpha value is -2.18. The average molecular weight is 316 g/mol. The summed E-state index contributed by atoms with van der Waals surface area (Å²) in [5, 5.41) is 4.37. The molecule has 6 nitrogen and oxygen atoms in total. The molecule has 3 N–H and O–H groups in total. The minimum atomic E-state index is -0.157. The molecule has 0 radical (unpaired) electrons. The third kappa shape index (κ3) is 3.97. The number of hydrazone groups is 1. The van der Waals surface area contributed by atoms with Crippen LogP contribution >= 0.6 is 0 Å². The molecule has 1 heterocycles. The van der Waals surface area contributed by atoms with E-state index < -0.39 is 0 Å². The van der Waals surface area contributed by atoms with Crippen LogP contribution in [0.25, 0.3) is 0 Å². The molecule has 1 aromatic carbocycles. The lowest BCUT2D eigenvalue weighted by molar-refractivity contribution is -0.117. The summed E-state index contributed by atoms with van der Waals surface area (Å²) in [7, 11) is 1.61. The first-order valence-electron chi connectivity index (χ1n) is 7.72. The summed E-state index contributed by atoms with van der Waals surface area (Å²) in [6, 6.07) is 7.77. The number of carbonyl (C=O) groups excluding carboxylic acids is 1. The Balaban J connectivity index is 2.25. The van der Waals surface area contributed by atoms with E-state index >= 15 is 0 Å². The average Bonchev–Trinajstić information content (AvgIpc) is 2.58. The predicted octanol–water partition coefficient (Wildman–Crippen LogP) is 1.61. The summed E-state index contributed by atoms with van der Waals surface area (Å²) in [6.07, 6.45) is 0.867. The van der Waals surface area contributed by atoms with E-state index in [1.54, 1.807) is 12.0 Å². The highest BCUT2D eigenvalue weighted by Gasteiger charge is 2.28. The number of hydrogen-bond donors (Lipinski definition) is 2. The van der Waals surface area contributed by atoms with Crippen LogP contribution in [-0.4, -0.2) is 37.9 Å². The Labute approximate surface area is 137 Å². The maximum Gasteiger partial charge on any atom is 0.233 e. The number of nitrogens with two attached hydrogens (primary N) is 1.